The molecule has 1 saturated carbocycles. The number of nitrogens with one attached hydrogen (secondary N) is 1. The van der Waals surface area contributed by atoms with E-state index in [4.69, 9.17) is 0 Å². The maximum atomic E-state index is 9.17. The summed E-state index contributed by atoms with van der Waals surface area (Å²) in [4.78, 5) is 0. The van der Waals surface area contributed by atoms with E-state index in [-0.39, 0.29) is 6.10 Å². The largest absolute Gasteiger partial charge is 0.393 e. The number of aliphatic hydroxyl groups is 1. The number of hydrogen-bond acceptors (Lipinski definition) is 2. The van der Waals surface area contributed by atoms with E-state index >= 15 is 0 Å². The molecule has 0 spiro atoms. The van der Waals surface area contributed by atoms with Crippen molar-refractivity contribution in [3.8, 4) is 0 Å². The summed E-state index contributed by atoms with van der Waals surface area (Å²) in [5.41, 5.74) is 0. The summed E-state index contributed by atoms with van der Waals surface area (Å²) in [5.74, 6) is 0.976. The van der Waals surface area contributed by atoms with E-state index in [2.05, 4.69) is 12.2 Å². The van der Waals surface area contributed by atoms with Gasteiger partial charge in [0.1, 0.15) is 0 Å². The third kappa shape index (κ3) is 5.86. The van der Waals surface area contributed by atoms with Crippen LogP contribution in [0, 0.1) is 5.92 Å². The van der Waals surface area contributed by atoms with Gasteiger partial charge in [-0.15, -0.1) is 0 Å². The van der Waals surface area contributed by atoms with Crippen LogP contribution in [0.25, 0.3) is 0 Å². The first-order chi connectivity index (χ1) is 7.72. The summed E-state index contributed by atoms with van der Waals surface area (Å²) in [7, 11) is 0. The molecule has 0 saturated heterocycles. The predicted octanol–water partition coefficient (Wildman–Crippen LogP) is 3.10. The lowest BCUT2D eigenvalue weighted by atomic mass is 9.98. The molecule has 0 radical (unpaired) electrons. The number of aliphatic hydroxyl groups excluding tert-OH is 1. The molecule has 0 aliphatic heterocycles. The van der Waals surface area contributed by atoms with Gasteiger partial charge in [0.25, 0.3) is 0 Å². The first-order valence-corrected chi connectivity index (χ1v) is 7.13. The molecule has 1 aliphatic rings. The quantitative estimate of drug-likeness (QED) is 0.540. The second kappa shape index (κ2) is 8.08. The van der Waals surface area contributed by atoms with Crippen LogP contribution in [0.4, 0.5) is 0 Å². The molecule has 96 valence electrons. The zero-order chi connectivity index (χ0) is 11.8. The predicted molar refractivity (Wildman–Crippen MR) is 69.6 cm³/mol. The molecular weight excluding hydrogens is 198 g/mol. The van der Waals surface area contributed by atoms with Gasteiger partial charge < -0.3 is 10.4 Å². The Morgan fingerprint density at radius 3 is 2.75 bits per heavy atom. The highest BCUT2D eigenvalue weighted by Crippen LogP contribution is 2.25. The Balaban J connectivity index is 2.08. The lowest BCUT2D eigenvalue weighted by Crippen LogP contribution is -2.29. The molecule has 0 aromatic carbocycles. The van der Waals surface area contributed by atoms with Gasteiger partial charge in [-0.25, -0.2) is 0 Å². The van der Waals surface area contributed by atoms with Crippen LogP contribution in [-0.4, -0.2) is 23.8 Å². The zero-order valence-corrected chi connectivity index (χ0v) is 11.0. The molecular formula is C14H29NO. The van der Waals surface area contributed by atoms with Crippen molar-refractivity contribution in [2.75, 3.05) is 6.54 Å². The molecule has 0 heterocycles. The molecule has 0 amide bonds. The Morgan fingerprint density at radius 1 is 1.25 bits per heavy atom. The fourth-order valence-corrected chi connectivity index (χ4v) is 2.69. The van der Waals surface area contributed by atoms with Crippen molar-refractivity contribution >= 4 is 0 Å². The minimum absolute atomic E-state index is 0.139. The Kier molecular flexibility index (Phi) is 7.06. The van der Waals surface area contributed by atoms with Crippen molar-refractivity contribution in [1.82, 2.24) is 5.32 Å². The second-order valence-corrected chi connectivity index (χ2v) is 5.42. The highest BCUT2D eigenvalue weighted by Gasteiger charge is 2.16. The van der Waals surface area contributed by atoms with Gasteiger partial charge in [0.15, 0.2) is 0 Å². The van der Waals surface area contributed by atoms with Crippen LogP contribution in [0.3, 0.4) is 0 Å². The second-order valence-electron chi connectivity index (χ2n) is 5.42. The number of rotatable bonds is 6. The van der Waals surface area contributed by atoms with E-state index in [0.717, 1.165) is 31.3 Å². The maximum Gasteiger partial charge on any atom is 0.0512 e. The normalized spacial score (nSPS) is 28.7. The Labute approximate surface area is 101 Å². The third-order valence-electron chi connectivity index (χ3n) is 3.90. The summed E-state index contributed by atoms with van der Waals surface area (Å²) in [6.45, 7) is 5.27. The van der Waals surface area contributed by atoms with E-state index in [0.29, 0.717) is 0 Å². The van der Waals surface area contributed by atoms with Gasteiger partial charge in [-0.3, -0.25) is 0 Å². The molecule has 2 N–H and O–H groups in total. The topological polar surface area (TPSA) is 32.3 Å². The molecule has 2 nitrogen and oxygen atoms in total. The molecule has 3 unspecified atom stereocenters. The van der Waals surface area contributed by atoms with Gasteiger partial charge in [-0.1, -0.05) is 26.2 Å². The van der Waals surface area contributed by atoms with Crippen LogP contribution in [-0.2, 0) is 0 Å². The van der Waals surface area contributed by atoms with Crippen molar-refractivity contribution in [3.63, 3.8) is 0 Å². The molecule has 1 aliphatic carbocycles. The van der Waals surface area contributed by atoms with Crippen molar-refractivity contribution in [2.24, 2.45) is 5.92 Å². The Bertz CT molecular complexity index is 170. The third-order valence-corrected chi connectivity index (χ3v) is 3.90. The zero-order valence-electron chi connectivity index (χ0n) is 11.0. The molecule has 1 rings (SSSR count). The monoisotopic (exact) mass is 227 g/mol. The summed E-state index contributed by atoms with van der Waals surface area (Å²) < 4.78 is 0. The van der Waals surface area contributed by atoms with Crippen LogP contribution in [0.5, 0.6) is 0 Å². The van der Waals surface area contributed by atoms with Crippen molar-refractivity contribution in [3.05, 3.63) is 0 Å². The minimum atomic E-state index is -0.139. The molecule has 0 bridgehead atoms. The summed E-state index contributed by atoms with van der Waals surface area (Å²) in [5, 5.41) is 12.8. The SMILES string of the molecule is CCC1CCCC(NCCCC(C)O)CC1. The summed E-state index contributed by atoms with van der Waals surface area (Å²) in [6.07, 6.45) is 10.2. The van der Waals surface area contributed by atoms with Crippen LogP contribution >= 0.6 is 0 Å². The van der Waals surface area contributed by atoms with E-state index in [9.17, 15) is 5.11 Å². The minimum Gasteiger partial charge on any atom is -0.393 e. The van der Waals surface area contributed by atoms with Crippen molar-refractivity contribution in [1.29, 1.82) is 0 Å². The summed E-state index contributed by atoms with van der Waals surface area (Å²) in [6, 6.07) is 0.741. The molecule has 0 aromatic rings. The van der Waals surface area contributed by atoms with Crippen molar-refractivity contribution < 1.29 is 5.11 Å². The van der Waals surface area contributed by atoms with E-state index in [1.165, 1.54) is 38.5 Å². The van der Waals surface area contributed by atoms with E-state index in [1.54, 1.807) is 0 Å². The summed E-state index contributed by atoms with van der Waals surface area (Å²) >= 11 is 0. The fraction of sp³-hybridized carbons (Fsp3) is 1.00. The van der Waals surface area contributed by atoms with Gasteiger partial charge in [0, 0.05) is 6.04 Å². The average Bonchev–Trinajstić information content (AvgIpc) is 2.49. The Morgan fingerprint density at radius 2 is 2.06 bits per heavy atom. The highest BCUT2D eigenvalue weighted by atomic mass is 16.3. The first-order valence-electron chi connectivity index (χ1n) is 7.13. The van der Waals surface area contributed by atoms with Crippen LogP contribution in [0.15, 0.2) is 0 Å². The van der Waals surface area contributed by atoms with Gasteiger partial charge in [0.05, 0.1) is 6.10 Å². The van der Waals surface area contributed by atoms with Crippen molar-refractivity contribution in [2.45, 2.75) is 77.4 Å². The lowest BCUT2D eigenvalue weighted by molar-refractivity contribution is 0.180. The van der Waals surface area contributed by atoms with Gasteiger partial charge in [-0.05, 0) is 51.5 Å². The molecule has 2 heteroatoms. The molecule has 0 aromatic heterocycles. The van der Waals surface area contributed by atoms with E-state index in [1.807, 2.05) is 6.92 Å². The van der Waals surface area contributed by atoms with Gasteiger partial charge >= 0.3 is 0 Å². The molecule has 16 heavy (non-hydrogen) atoms. The average molecular weight is 227 g/mol. The molecule has 3 atom stereocenters. The van der Waals surface area contributed by atoms with E-state index < -0.39 is 0 Å². The highest BCUT2D eigenvalue weighted by molar-refractivity contribution is 4.74. The molecule has 1 fully saturated rings. The lowest BCUT2D eigenvalue weighted by Gasteiger charge is -2.16. The van der Waals surface area contributed by atoms with Crippen LogP contribution < -0.4 is 5.32 Å². The fourth-order valence-electron chi connectivity index (χ4n) is 2.69. The van der Waals surface area contributed by atoms with Crippen LogP contribution in [0.2, 0.25) is 0 Å². The first kappa shape index (κ1) is 14.0. The standard InChI is InChI=1S/C14H29NO/c1-3-13-7-4-8-14(10-9-13)15-11-5-6-12(2)16/h12-16H,3-11H2,1-2H3. The smallest absolute Gasteiger partial charge is 0.0512 e. The number of hydrogen-bond donors (Lipinski definition) is 2. The van der Waals surface area contributed by atoms with Gasteiger partial charge in [0.2, 0.25) is 0 Å². The van der Waals surface area contributed by atoms with Gasteiger partial charge in [-0.2, -0.15) is 0 Å². The Hall–Kier alpha value is -0.0800. The maximum absolute atomic E-state index is 9.17. The van der Waals surface area contributed by atoms with Crippen LogP contribution in [0.1, 0.15) is 65.2 Å².